The first-order valence-corrected chi connectivity index (χ1v) is 5.58. The molecule has 0 aliphatic heterocycles. The number of halogens is 6. The van der Waals surface area contributed by atoms with Crippen molar-refractivity contribution in [1.82, 2.24) is 4.98 Å². The molecule has 5 nitrogen and oxygen atoms in total. The lowest BCUT2D eigenvalue weighted by molar-refractivity contribution is -0.275. The quantitative estimate of drug-likeness (QED) is 0.626. The van der Waals surface area contributed by atoms with Crippen LogP contribution in [0, 0.1) is 0 Å². The van der Waals surface area contributed by atoms with Crippen LogP contribution in [0.2, 0.25) is 0 Å². The van der Waals surface area contributed by atoms with Crippen molar-refractivity contribution in [3.8, 4) is 11.6 Å². The average Bonchev–Trinajstić information content (AvgIpc) is 2.34. The van der Waals surface area contributed by atoms with E-state index < -0.39 is 41.4 Å². The minimum Gasteiger partial charge on any atom is -0.480 e. The van der Waals surface area contributed by atoms with Gasteiger partial charge in [-0.15, -0.1) is 13.2 Å². The predicted octanol–water partition coefficient (Wildman–Crippen LogP) is 3.18. The Morgan fingerprint density at radius 1 is 1.23 bits per heavy atom. The molecule has 1 rings (SSSR count). The highest BCUT2D eigenvalue weighted by molar-refractivity contribution is 5.95. The maximum absolute atomic E-state index is 12.6. The number of rotatable bonds is 4. The van der Waals surface area contributed by atoms with Gasteiger partial charge in [0.1, 0.15) is 0 Å². The molecule has 0 spiro atoms. The van der Waals surface area contributed by atoms with E-state index in [0.717, 1.165) is 7.11 Å². The monoisotopic (exact) mass is 333 g/mol. The maximum atomic E-state index is 12.6. The van der Waals surface area contributed by atoms with Gasteiger partial charge in [-0.1, -0.05) is 0 Å². The number of hydrogen-bond acceptors (Lipinski definition) is 5. The van der Waals surface area contributed by atoms with Crippen molar-refractivity contribution in [3.05, 3.63) is 17.3 Å². The summed E-state index contributed by atoms with van der Waals surface area (Å²) in [4.78, 5) is 14.6. The molecular weight excluding hydrogens is 324 g/mol. The summed E-state index contributed by atoms with van der Waals surface area (Å²) in [5.74, 6) is -3.77. The molecule has 0 amide bonds. The Hall–Kier alpha value is -2.20. The van der Waals surface area contributed by atoms with E-state index in [4.69, 9.17) is 0 Å². The molecule has 0 aromatic carbocycles. The Morgan fingerprint density at radius 2 is 1.82 bits per heavy atom. The summed E-state index contributed by atoms with van der Waals surface area (Å²) in [6.07, 6.45) is -10.4. The molecule has 0 unspecified atom stereocenters. The molecule has 1 heterocycles. The molecule has 0 saturated carbocycles. The number of carbonyl (C=O) groups excluding carboxylic acids is 1. The van der Waals surface area contributed by atoms with Gasteiger partial charge in [0.25, 0.3) is 0 Å². The van der Waals surface area contributed by atoms with Crippen LogP contribution >= 0.6 is 0 Å². The van der Waals surface area contributed by atoms with Gasteiger partial charge in [-0.05, 0) is 6.92 Å². The molecule has 0 N–H and O–H groups in total. The van der Waals surface area contributed by atoms with Crippen molar-refractivity contribution in [1.29, 1.82) is 0 Å². The Morgan fingerprint density at radius 3 is 2.23 bits per heavy atom. The lowest BCUT2D eigenvalue weighted by Crippen LogP contribution is -2.22. The van der Waals surface area contributed by atoms with Gasteiger partial charge in [-0.2, -0.15) is 13.2 Å². The minimum atomic E-state index is -5.32. The van der Waals surface area contributed by atoms with E-state index in [1.807, 2.05) is 0 Å². The van der Waals surface area contributed by atoms with E-state index in [-0.39, 0.29) is 12.7 Å². The Bertz CT molecular complexity index is 555. The Balaban J connectivity index is 3.53. The lowest BCUT2D eigenvalue weighted by Gasteiger charge is -2.16. The molecule has 124 valence electrons. The highest BCUT2D eigenvalue weighted by Crippen LogP contribution is 2.38. The molecule has 0 fully saturated rings. The second-order valence-corrected chi connectivity index (χ2v) is 3.66. The third kappa shape index (κ3) is 4.40. The van der Waals surface area contributed by atoms with Gasteiger partial charge >= 0.3 is 18.5 Å². The largest absolute Gasteiger partial charge is 0.573 e. The summed E-state index contributed by atoms with van der Waals surface area (Å²) >= 11 is 0. The standard InChI is InChI=1S/C11H9F6NO4/c1-3-21-9(19)7-5(22-11(15,16)17)4-6(10(12,13)14)18-8(7)20-2/h4H,3H2,1-2H3. The molecular formula is C11H9F6NO4. The van der Waals surface area contributed by atoms with Crippen LogP contribution in [0.15, 0.2) is 6.07 Å². The summed E-state index contributed by atoms with van der Waals surface area (Å²) < 4.78 is 87.2. The van der Waals surface area contributed by atoms with Gasteiger partial charge < -0.3 is 14.2 Å². The Labute approximate surface area is 119 Å². The number of ether oxygens (including phenoxy) is 3. The average molecular weight is 333 g/mol. The molecule has 0 radical (unpaired) electrons. The zero-order valence-corrected chi connectivity index (χ0v) is 11.1. The van der Waals surface area contributed by atoms with Crippen molar-refractivity contribution < 1.29 is 45.3 Å². The summed E-state index contributed by atoms with van der Waals surface area (Å²) in [6, 6.07) is -0.0533. The summed E-state index contributed by atoms with van der Waals surface area (Å²) in [5, 5.41) is 0. The molecule has 0 saturated heterocycles. The molecule has 0 aliphatic carbocycles. The van der Waals surface area contributed by atoms with Crippen LogP contribution in [0.5, 0.6) is 11.6 Å². The van der Waals surface area contributed by atoms with Gasteiger partial charge in [0, 0.05) is 6.07 Å². The van der Waals surface area contributed by atoms with Crippen molar-refractivity contribution >= 4 is 5.97 Å². The number of aromatic nitrogens is 1. The number of hydrogen-bond donors (Lipinski definition) is 0. The van der Waals surface area contributed by atoms with Gasteiger partial charge in [0.15, 0.2) is 17.0 Å². The lowest BCUT2D eigenvalue weighted by atomic mass is 10.2. The van der Waals surface area contributed by atoms with E-state index in [1.54, 1.807) is 0 Å². The second kappa shape index (κ2) is 6.28. The van der Waals surface area contributed by atoms with E-state index >= 15 is 0 Å². The van der Waals surface area contributed by atoms with E-state index in [1.165, 1.54) is 6.92 Å². The first kappa shape index (κ1) is 17.9. The Kier molecular flexibility index (Phi) is 5.09. The molecule has 1 aromatic heterocycles. The fourth-order valence-electron chi connectivity index (χ4n) is 1.39. The fraction of sp³-hybridized carbons (Fsp3) is 0.455. The van der Waals surface area contributed by atoms with Crippen LogP contribution in [0.4, 0.5) is 26.3 Å². The number of nitrogens with zero attached hydrogens (tertiary/aromatic N) is 1. The van der Waals surface area contributed by atoms with Crippen molar-refractivity contribution in [2.24, 2.45) is 0 Å². The number of carbonyl (C=O) groups is 1. The molecule has 0 atom stereocenters. The SMILES string of the molecule is CCOC(=O)c1c(OC(F)(F)F)cc(C(F)(F)F)nc1OC. The van der Waals surface area contributed by atoms with Crippen LogP contribution in [0.3, 0.4) is 0 Å². The van der Waals surface area contributed by atoms with Gasteiger partial charge in [-0.25, -0.2) is 9.78 Å². The number of methoxy groups -OCH3 is 1. The predicted molar refractivity (Wildman–Crippen MR) is 58.4 cm³/mol. The number of alkyl halides is 6. The summed E-state index contributed by atoms with van der Waals surface area (Å²) in [7, 11) is 0.836. The number of esters is 1. The van der Waals surface area contributed by atoms with Crippen LogP contribution in [-0.4, -0.2) is 31.0 Å². The van der Waals surface area contributed by atoms with Crippen LogP contribution in [-0.2, 0) is 10.9 Å². The van der Waals surface area contributed by atoms with E-state index in [9.17, 15) is 31.1 Å². The minimum absolute atomic E-state index is 0.0533. The third-order valence-electron chi connectivity index (χ3n) is 2.14. The van der Waals surface area contributed by atoms with Crippen molar-refractivity contribution in [2.45, 2.75) is 19.5 Å². The molecule has 11 heteroatoms. The molecule has 22 heavy (non-hydrogen) atoms. The summed E-state index contributed by atoms with van der Waals surface area (Å²) in [6.45, 7) is 1.13. The van der Waals surface area contributed by atoms with Gasteiger partial charge in [0.05, 0.1) is 13.7 Å². The first-order valence-electron chi connectivity index (χ1n) is 5.58. The molecule has 1 aromatic rings. The summed E-state index contributed by atoms with van der Waals surface area (Å²) in [5.41, 5.74) is -2.70. The number of pyridine rings is 1. The normalized spacial score (nSPS) is 12.0. The van der Waals surface area contributed by atoms with E-state index in [0.29, 0.717) is 0 Å². The van der Waals surface area contributed by atoms with Crippen molar-refractivity contribution in [2.75, 3.05) is 13.7 Å². The van der Waals surface area contributed by atoms with Crippen LogP contribution < -0.4 is 9.47 Å². The van der Waals surface area contributed by atoms with Crippen molar-refractivity contribution in [3.63, 3.8) is 0 Å². The first-order chi connectivity index (χ1) is 9.99. The van der Waals surface area contributed by atoms with Gasteiger partial charge in [-0.3, -0.25) is 0 Å². The van der Waals surface area contributed by atoms with E-state index in [2.05, 4.69) is 19.2 Å². The zero-order chi connectivity index (χ0) is 17.1. The zero-order valence-electron chi connectivity index (χ0n) is 11.1. The molecule has 0 aliphatic rings. The highest BCUT2D eigenvalue weighted by Gasteiger charge is 2.40. The fourth-order valence-corrected chi connectivity index (χ4v) is 1.39. The molecule has 0 bridgehead atoms. The topological polar surface area (TPSA) is 57.7 Å². The smallest absolute Gasteiger partial charge is 0.480 e. The van der Waals surface area contributed by atoms with Crippen LogP contribution in [0.25, 0.3) is 0 Å². The third-order valence-corrected chi connectivity index (χ3v) is 2.14. The highest BCUT2D eigenvalue weighted by atomic mass is 19.4. The van der Waals surface area contributed by atoms with Gasteiger partial charge in [0.2, 0.25) is 5.88 Å². The maximum Gasteiger partial charge on any atom is 0.573 e. The second-order valence-electron chi connectivity index (χ2n) is 3.66. The van der Waals surface area contributed by atoms with Crippen LogP contribution in [0.1, 0.15) is 23.0 Å².